The third-order valence-corrected chi connectivity index (χ3v) is 7.24. The van der Waals surface area contributed by atoms with E-state index < -0.39 is 16.1 Å². The highest BCUT2D eigenvalue weighted by atomic mass is 32.2. The first-order chi connectivity index (χ1) is 14.9. The summed E-state index contributed by atoms with van der Waals surface area (Å²) in [7, 11) is -2.34. The lowest BCUT2D eigenvalue weighted by atomic mass is 10.0. The average molecular weight is 445 g/mol. The van der Waals surface area contributed by atoms with Crippen molar-refractivity contribution >= 4 is 15.9 Å². The van der Waals surface area contributed by atoms with E-state index in [-0.39, 0.29) is 23.3 Å². The molecule has 0 radical (unpaired) electrons. The molecule has 1 atom stereocenters. The average Bonchev–Trinajstić information content (AvgIpc) is 3.02. The molecule has 0 spiro atoms. The number of carbonyl (C=O) groups is 1. The highest BCUT2D eigenvalue weighted by Crippen LogP contribution is 2.22. The molecule has 7 heteroatoms. The van der Waals surface area contributed by atoms with E-state index in [0.717, 1.165) is 31.2 Å². The summed E-state index contributed by atoms with van der Waals surface area (Å²) in [5.41, 5.74) is 1.62. The molecule has 2 aromatic carbocycles. The Bertz CT molecular complexity index is 968. The molecule has 168 valence electrons. The molecule has 0 unspecified atom stereocenters. The first-order valence-corrected chi connectivity index (χ1v) is 12.4. The minimum Gasteiger partial charge on any atom is -0.496 e. The predicted molar refractivity (Wildman–Crippen MR) is 122 cm³/mol. The number of nitrogens with one attached hydrogen (secondary N) is 2. The van der Waals surface area contributed by atoms with Crippen LogP contribution in [0.4, 0.5) is 0 Å². The third kappa shape index (κ3) is 6.55. The van der Waals surface area contributed by atoms with Crippen molar-refractivity contribution in [1.82, 2.24) is 10.0 Å². The number of carbonyl (C=O) groups excluding carboxylic acids is 1. The van der Waals surface area contributed by atoms with Gasteiger partial charge in [-0.1, -0.05) is 56.0 Å². The van der Waals surface area contributed by atoms with Gasteiger partial charge in [-0.05, 0) is 55.5 Å². The van der Waals surface area contributed by atoms with Crippen molar-refractivity contribution in [2.24, 2.45) is 0 Å². The van der Waals surface area contributed by atoms with Crippen LogP contribution in [0.25, 0.3) is 0 Å². The Labute approximate surface area is 185 Å². The number of benzene rings is 2. The summed E-state index contributed by atoms with van der Waals surface area (Å²) in [4.78, 5) is 13.3. The second-order valence-electron chi connectivity index (χ2n) is 8.19. The molecule has 2 N–H and O–H groups in total. The lowest BCUT2D eigenvalue weighted by molar-refractivity contribution is -0.123. The standard InChI is InChI=1S/C24H32N2O4S/c1-18-16-21(14-15-23(18)30-2)31(28,29)26-22(17-19-10-6-5-7-11-19)24(27)25-20-12-8-3-4-9-13-20/h5-7,10-11,14-16,20,22,26H,3-4,8-9,12-13,17H2,1-2H3,(H,25,27)/t22-/m1/s1. The largest absolute Gasteiger partial charge is 0.496 e. The van der Waals surface area contributed by atoms with Crippen LogP contribution >= 0.6 is 0 Å². The van der Waals surface area contributed by atoms with Crippen LogP contribution in [-0.4, -0.2) is 33.5 Å². The molecule has 0 aromatic heterocycles. The van der Waals surface area contributed by atoms with Gasteiger partial charge in [-0.15, -0.1) is 0 Å². The Kier molecular flexibility index (Phi) is 8.09. The quantitative estimate of drug-likeness (QED) is 0.608. The lowest BCUT2D eigenvalue weighted by Gasteiger charge is -2.23. The SMILES string of the molecule is COc1ccc(S(=O)(=O)N[C@H](Cc2ccccc2)C(=O)NC2CCCCCC2)cc1C. The molecule has 1 saturated carbocycles. The van der Waals surface area contributed by atoms with Crippen molar-refractivity contribution in [3.05, 3.63) is 59.7 Å². The maximum Gasteiger partial charge on any atom is 0.241 e. The molecule has 0 heterocycles. The summed E-state index contributed by atoms with van der Waals surface area (Å²) in [5.74, 6) is 0.343. The number of amides is 1. The highest BCUT2D eigenvalue weighted by molar-refractivity contribution is 7.89. The van der Waals surface area contributed by atoms with Crippen LogP contribution in [-0.2, 0) is 21.2 Å². The second kappa shape index (κ2) is 10.8. The molecule has 0 aliphatic heterocycles. The molecular weight excluding hydrogens is 412 g/mol. The van der Waals surface area contributed by atoms with E-state index in [4.69, 9.17) is 4.74 Å². The summed E-state index contributed by atoms with van der Waals surface area (Å²) in [5, 5.41) is 3.10. The van der Waals surface area contributed by atoms with Gasteiger partial charge in [0.05, 0.1) is 12.0 Å². The Morgan fingerprint density at radius 2 is 1.74 bits per heavy atom. The molecule has 1 amide bonds. The summed E-state index contributed by atoms with van der Waals surface area (Å²) >= 11 is 0. The molecule has 1 aliphatic rings. The van der Waals surface area contributed by atoms with E-state index in [2.05, 4.69) is 10.0 Å². The Morgan fingerprint density at radius 1 is 1.06 bits per heavy atom. The van der Waals surface area contributed by atoms with E-state index in [1.807, 2.05) is 30.3 Å². The van der Waals surface area contributed by atoms with E-state index in [9.17, 15) is 13.2 Å². The van der Waals surface area contributed by atoms with Crippen LogP contribution in [0.1, 0.15) is 49.7 Å². The van der Waals surface area contributed by atoms with Crippen molar-refractivity contribution in [3.8, 4) is 5.75 Å². The Hall–Kier alpha value is -2.38. The van der Waals surface area contributed by atoms with Crippen molar-refractivity contribution < 1.29 is 17.9 Å². The van der Waals surface area contributed by atoms with E-state index in [1.165, 1.54) is 18.9 Å². The maximum absolute atomic E-state index is 13.1. The van der Waals surface area contributed by atoms with Gasteiger partial charge in [0.25, 0.3) is 0 Å². The van der Waals surface area contributed by atoms with Crippen molar-refractivity contribution in [2.75, 3.05) is 7.11 Å². The fourth-order valence-corrected chi connectivity index (χ4v) is 5.32. The summed E-state index contributed by atoms with van der Waals surface area (Å²) < 4.78 is 34.1. The summed E-state index contributed by atoms with van der Waals surface area (Å²) in [6, 6.07) is 13.4. The van der Waals surface area contributed by atoms with Gasteiger partial charge in [0.1, 0.15) is 11.8 Å². The fraction of sp³-hybridized carbons (Fsp3) is 0.458. The first-order valence-electron chi connectivity index (χ1n) is 10.9. The van der Waals surface area contributed by atoms with Crippen LogP contribution in [0.2, 0.25) is 0 Å². The zero-order valence-electron chi connectivity index (χ0n) is 18.3. The van der Waals surface area contributed by atoms with E-state index in [1.54, 1.807) is 26.2 Å². The molecule has 1 fully saturated rings. The summed E-state index contributed by atoms with van der Waals surface area (Å²) in [6.45, 7) is 1.79. The number of hydrogen-bond acceptors (Lipinski definition) is 4. The van der Waals surface area contributed by atoms with Gasteiger partial charge in [-0.3, -0.25) is 4.79 Å². The van der Waals surface area contributed by atoms with E-state index in [0.29, 0.717) is 11.3 Å². The van der Waals surface area contributed by atoms with Crippen LogP contribution in [0.5, 0.6) is 5.75 Å². The van der Waals surface area contributed by atoms with Crippen molar-refractivity contribution in [2.45, 2.75) is 68.8 Å². The van der Waals surface area contributed by atoms with Gasteiger partial charge in [-0.25, -0.2) is 8.42 Å². The van der Waals surface area contributed by atoms with Crippen molar-refractivity contribution in [1.29, 1.82) is 0 Å². The molecular formula is C24H32N2O4S. The number of rotatable bonds is 8. The van der Waals surface area contributed by atoms with Gasteiger partial charge in [0.2, 0.25) is 15.9 Å². The van der Waals surface area contributed by atoms with Crippen LogP contribution in [0, 0.1) is 6.92 Å². The van der Waals surface area contributed by atoms with Gasteiger partial charge in [0.15, 0.2) is 0 Å². The Morgan fingerprint density at radius 3 is 2.35 bits per heavy atom. The highest BCUT2D eigenvalue weighted by Gasteiger charge is 2.28. The summed E-state index contributed by atoms with van der Waals surface area (Å²) in [6.07, 6.45) is 6.71. The van der Waals surface area contributed by atoms with Crippen LogP contribution in [0.15, 0.2) is 53.4 Å². The number of sulfonamides is 1. The lowest BCUT2D eigenvalue weighted by Crippen LogP contribution is -2.50. The molecule has 0 saturated heterocycles. The minimum atomic E-state index is -3.89. The topological polar surface area (TPSA) is 84.5 Å². The number of ether oxygens (including phenoxy) is 1. The predicted octanol–water partition coefficient (Wildman–Crippen LogP) is 3.73. The molecule has 6 nitrogen and oxygen atoms in total. The van der Waals surface area contributed by atoms with Gasteiger partial charge in [0, 0.05) is 6.04 Å². The normalized spacial score (nSPS) is 16.3. The number of methoxy groups -OCH3 is 1. The van der Waals surface area contributed by atoms with E-state index >= 15 is 0 Å². The second-order valence-corrected chi connectivity index (χ2v) is 9.91. The van der Waals surface area contributed by atoms with Crippen molar-refractivity contribution in [3.63, 3.8) is 0 Å². The molecule has 3 rings (SSSR count). The van der Waals surface area contributed by atoms with Gasteiger partial charge >= 0.3 is 0 Å². The first kappa shape index (κ1) is 23.3. The zero-order chi connectivity index (χ0) is 22.3. The maximum atomic E-state index is 13.1. The monoisotopic (exact) mass is 444 g/mol. The molecule has 1 aliphatic carbocycles. The molecule has 2 aromatic rings. The minimum absolute atomic E-state index is 0.0982. The number of hydrogen-bond donors (Lipinski definition) is 2. The fourth-order valence-electron chi connectivity index (χ4n) is 4.04. The number of aryl methyl sites for hydroxylation is 1. The molecule has 0 bridgehead atoms. The zero-order valence-corrected chi connectivity index (χ0v) is 19.1. The van der Waals surface area contributed by atoms with Gasteiger partial charge < -0.3 is 10.1 Å². The van der Waals surface area contributed by atoms with Gasteiger partial charge in [-0.2, -0.15) is 4.72 Å². The smallest absolute Gasteiger partial charge is 0.241 e. The Balaban J connectivity index is 1.81. The molecule has 31 heavy (non-hydrogen) atoms. The van der Waals surface area contributed by atoms with Crippen LogP contribution < -0.4 is 14.8 Å². The third-order valence-electron chi connectivity index (χ3n) is 5.77. The van der Waals surface area contributed by atoms with Crippen LogP contribution in [0.3, 0.4) is 0 Å².